The molecule has 0 unspecified atom stereocenters. The van der Waals surface area contributed by atoms with Gasteiger partial charge in [-0.15, -0.1) is 0 Å². The van der Waals surface area contributed by atoms with E-state index >= 15 is 0 Å². The number of aliphatic hydroxyl groups is 2. The van der Waals surface area contributed by atoms with Crippen LogP contribution in [-0.4, -0.2) is 60.0 Å². The molecular weight excluding hydrogens is 554 g/mol. The molecule has 0 fully saturated rings. The third-order valence-electron chi connectivity index (χ3n) is 8.15. The van der Waals surface area contributed by atoms with Gasteiger partial charge in [-0.25, -0.2) is 9.97 Å². The first kappa shape index (κ1) is 30.9. The lowest BCUT2D eigenvalue weighted by molar-refractivity contribution is 0.0950. The smallest absolute Gasteiger partial charge is 0.251 e. The molecule has 0 radical (unpaired) electrons. The van der Waals surface area contributed by atoms with Crippen LogP contribution in [-0.2, 0) is 19.0 Å². The minimum Gasteiger partial charge on any atom is -0.396 e. The lowest BCUT2D eigenvalue weighted by Crippen LogP contribution is -2.26. The molecule has 4 N–H and O–H groups in total. The van der Waals surface area contributed by atoms with Crippen molar-refractivity contribution in [3.8, 4) is 22.5 Å². The first-order chi connectivity index (χ1) is 21.0. The summed E-state index contributed by atoms with van der Waals surface area (Å²) in [5.74, 6) is 1.46. The van der Waals surface area contributed by atoms with Gasteiger partial charge in [-0.1, -0.05) is 38.1 Å². The van der Waals surface area contributed by atoms with Crippen LogP contribution in [0.5, 0.6) is 0 Å². The van der Waals surface area contributed by atoms with Crippen LogP contribution in [0, 0.1) is 20.8 Å². The van der Waals surface area contributed by atoms with E-state index in [0.717, 1.165) is 56.4 Å². The van der Waals surface area contributed by atoms with Gasteiger partial charge in [-0.3, -0.25) is 4.79 Å². The summed E-state index contributed by atoms with van der Waals surface area (Å²) in [6, 6.07) is 14.2. The van der Waals surface area contributed by atoms with Crippen molar-refractivity contribution in [2.45, 2.75) is 53.0 Å². The van der Waals surface area contributed by atoms with Crippen molar-refractivity contribution in [3.63, 3.8) is 0 Å². The molecule has 5 rings (SSSR count). The lowest BCUT2D eigenvalue weighted by atomic mass is 9.90. The van der Waals surface area contributed by atoms with Gasteiger partial charge < -0.3 is 25.4 Å². The standard InChI is InChI=1S/C34H41N7O3/c1-21-15-26(17-27(22(21)2)33(44)36-11-8-14-42)30-23(3)39-41-29(18-28(38-32(30)41)34(4,5)20-43)37-19-24-9-7-10-25(16-24)31-35-12-13-40(31)6/h7,9-10,12-13,15-18,37,42-43H,8,11,14,19-20H2,1-6H3,(H,36,44). The number of benzene rings is 2. The number of nitrogens with one attached hydrogen (secondary N) is 2. The number of hydrogen-bond donors (Lipinski definition) is 4. The summed E-state index contributed by atoms with van der Waals surface area (Å²) in [6.45, 7) is 10.7. The van der Waals surface area contributed by atoms with Crippen molar-refractivity contribution < 1.29 is 15.0 Å². The molecule has 3 heterocycles. The maximum Gasteiger partial charge on any atom is 0.251 e. The van der Waals surface area contributed by atoms with Gasteiger partial charge in [0, 0.05) is 67.3 Å². The van der Waals surface area contributed by atoms with Crippen molar-refractivity contribution in [2.24, 2.45) is 7.05 Å². The Morgan fingerprint density at radius 3 is 2.55 bits per heavy atom. The number of amides is 1. The fourth-order valence-electron chi connectivity index (χ4n) is 5.29. The molecule has 0 aliphatic carbocycles. The fourth-order valence-corrected chi connectivity index (χ4v) is 5.29. The highest BCUT2D eigenvalue weighted by atomic mass is 16.3. The Labute approximate surface area is 257 Å². The second-order valence-electron chi connectivity index (χ2n) is 12.0. The number of aliphatic hydroxyl groups excluding tert-OH is 2. The predicted octanol–water partition coefficient (Wildman–Crippen LogP) is 4.72. The van der Waals surface area contributed by atoms with Crippen LogP contribution in [0.3, 0.4) is 0 Å². The Balaban J connectivity index is 1.58. The first-order valence-corrected chi connectivity index (χ1v) is 14.9. The minimum absolute atomic E-state index is 0.0179. The van der Waals surface area contributed by atoms with E-state index in [-0.39, 0.29) is 19.1 Å². The molecule has 0 bridgehead atoms. The number of carbonyl (C=O) groups excluding carboxylic acids is 1. The third kappa shape index (κ3) is 6.09. The molecule has 230 valence electrons. The van der Waals surface area contributed by atoms with E-state index < -0.39 is 5.41 Å². The van der Waals surface area contributed by atoms with E-state index in [4.69, 9.17) is 15.2 Å². The zero-order chi connectivity index (χ0) is 31.6. The molecule has 0 spiro atoms. The number of imidazole rings is 1. The van der Waals surface area contributed by atoms with E-state index in [1.54, 1.807) is 10.7 Å². The van der Waals surface area contributed by atoms with Gasteiger partial charge in [0.15, 0.2) is 5.65 Å². The third-order valence-corrected chi connectivity index (χ3v) is 8.15. The number of nitrogens with zero attached hydrogens (tertiary/aromatic N) is 5. The molecule has 3 aromatic heterocycles. The van der Waals surface area contributed by atoms with Gasteiger partial charge >= 0.3 is 0 Å². The summed E-state index contributed by atoms with van der Waals surface area (Å²) in [6.07, 6.45) is 4.21. The van der Waals surface area contributed by atoms with Gasteiger partial charge in [0.2, 0.25) is 0 Å². The number of aryl methyl sites for hydroxylation is 3. The number of hydrogen-bond acceptors (Lipinski definition) is 7. The normalized spacial score (nSPS) is 11.7. The van der Waals surface area contributed by atoms with Gasteiger partial charge in [-0.05, 0) is 61.6 Å². The molecule has 10 nitrogen and oxygen atoms in total. The SMILES string of the molecule is Cc1cc(-c2c(C)nn3c(NCc4cccc(-c5nccn5C)c4)cc(C(C)(C)CO)nc23)cc(C(=O)NCCCO)c1C. The van der Waals surface area contributed by atoms with E-state index in [1.165, 1.54) is 0 Å². The highest BCUT2D eigenvalue weighted by Gasteiger charge is 2.26. The van der Waals surface area contributed by atoms with Crippen LogP contribution >= 0.6 is 0 Å². The van der Waals surface area contributed by atoms with Crippen molar-refractivity contribution in [1.29, 1.82) is 0 Å². The highest BCUT2D eigenvalue weighted by Crippen LogP contribution is 2.34. The molecule has 10 heteroatoms. The molecule has 0 atom stereocenters. The Morgan fingerprint density at radius 1 is 1.05 bits per heavy atom. The summed E-state index contributed by atoms with van der Waals surface area (Å²) in [5.41, 5.74) is 7.76. The van der Waals surface area contributed by atoms with Crippen molar-refractivity contribution in [3.05, 3.63) is 88.5 Å². The Hall–Kier alpha value is -4.54. The maximum absolute atomic E-state index is 13.1. The van der Waals surface area contributed by atoms with Crippen molar-refractivity contribution in [1.82, 2.24) is 29.5 Å². The van der Waals surface area contributed by atoms with Gasteiger partial charge in [0.1, 0.15) is 11.6 Å². The Bertz CT molecular complexity index is 1820. The van der Waals surface area contributed by atoms with Gasteiger partial charge in [0.05, 0.1) is 18.0 Å². The van der Waals surface area contributed by atoms with Crippen molar-refractivity contribution in [2.75, 3.05) is 25.1 Å². The monoisotopic (exact) mass is 595 g/mol. The summed E-state index contributed by atoms with van der Waals surface area (Å²) in [4.78, 5) is 22.6. The number of carbonyl (C=O) groups is 1. The van der Waals surface area contributed by atoms with Crippen molar-refractivity contribution >= 4 is 17.4 Å². The van der Waals surface area contributed by atoms with E-state index in [2.05, 4.69) is 33.8 Å². The van der Waals surface area contributed by atoms with Crippen LogP contribution in [0.25, 0.3) is 28.2 Å². The van der Waals surface area contributed by atoms with E-state index in [9.17, 15) is 9.90 Å². The van der Waals surface area contributed by atoms with Gasteiger partial charge in [0.25, 0.3) is 5.91 Å². The molecule has 0 saturated carbocycles. The molecule has 2 aromatic carbocycles. The molecular formula is C34H41N7O3. The lowest BCUT2D eigenvalue weighted by Gasteiger charge is -2.22. The second kappa shape index (κ2) is 12.6. The van der Waals surface area contributed by atoms with E-state index in [0.29, 0.717) is 30.7 Å². The average molecular weight is 596 g/mol. The summed E-state index contributed by atoms with van der Waals surface area (Å²) in [5, 5.41) is 30.8. The van der Waals surface area contributed by atoms with Crippen LogP contribution in [0.2, 0.25) is 0 Å². The highest BCUT2D eigenvalue weighted by molar-refractivity contribution is 5.98. The molecule has 1 amide bonds. The first-order valence-electron chi connectivity index (χ1n) is 14.9. The molecule has 5 aromatic rings. The molecule has 44 heavy (non-hydrogen) atoms. The summed E-state index contributed by atoms with van der Waals surface area (Å²) >= 11 is 0. The number of aromatic nitrogens is 5. The minimum atomic E-state index is -0.604. The topological polar surface area (TPSA) is 130 Å². The summed E-state index contributed by atoms with van der Waals surface area (Å²) < 4.78 is 3.80. The fraction of sp³-hybridized carbons (Fsp3) is 0.353. The molecule has 0 aliphatic heterocycles. The predicted molar refractivity (Wildman–Crippen MR) is 173 cm³/mol. The molecule has 0 aliphatic rings. The zero-order valence-corrected chi connectivity index (χ0v) is 26.3. The van der Waals surface area contributed by atoms with E-state index in [1.807, 2.05) is 76.7 Å². The average Bonchev–Trinajstić information content (AvgIpc) is 3.59. The largest absolute Gasteiger partial charge is 0.396 e. The Morgan fingerprint density at radius 2 is 1.84 bits per heavy atom. The molecule has 0 saturated heterocycles. The number of rotatable bonds is 11. The quantitative estimate of drug-likeness (QED) is 0.163. The zero-order valence-electron chi connectivity index (χ0n) is 26.3. The van der Waals surface area contributed by atoms with Crippen LogP contribution in [0.15, 0.2) is 54.9 Å². The summed E-state index contributed by atoms with van der Waals surface area (Å²) in [7, 11) is 1.98. The van der Waals surface area contributed by atoms with Crippen LogP contribution < -0.4 is 10.6 Å². The van der Waals surface area contributed by atoms with Crippen LogP contribution in [0.4, 0.5) is 5.82 Å². The Kier molecular flexibility index (Phi) is 8.85. The second-order valence-corrected chi connectivity index (χ2v) is 12.0. The maximum atomic E-state index is 13.1. The number of fused-ring (bicyclic) bond motifs is 1. The van der Waals surface area contributed by atoms with Crippen LogP contribution in [0.1, 0.15) is 58.7 Å². The number of anilines is 1. The van der Waals surface area contributed by atoms with Gasteiger partial charge in [-0.2, -0.15) is 9.61 Å².